The SMILES string of the molecule is Cc1cncc(N2CC3(CCCCC3)NC2=O)c1. The molecule has 18 heavy (non-hydrogen) atoms. The van der Waals surface area contributed by atoms with Crippen molar-refractivity contribution in [2.45, 2.75) is 44.6 Å². The number of carbonyl (C=O) groups is 1. The highest BCUT2D eigenvalue weighted by Gasteiger charge is 2.43. The number of nitrogens with one attached hydrogen (secondary N) is 1. The summed E-state index contributed by atoms with van der Waals surface area (Å²) in [6, 6.07) is 2.05. The lowest BCUT2D eigenvalue weighted by Crippen LogP contribution is -2.44. The molecule has 4 nitrogen and oxygen atoms in total. The molecule has 1 spiro atoms. The van der Waals surface area contributed by atoms with Crippen LogP contribution in [0.25, 0.3) is 0 Å². The van der Waals surface area contributed by atoms with E-state index in [1.165, 1.54) is 19.3 Å². The number of hydrogen-bond donors (Lipinski definition) is 1. The first kappa shape index (κ1) is 11.5. The molecule has 1 saturated carbocycles. The first-order valence-corrected chi connectivity index (χ1v) is 6.70. The Hall–Kier alpha value is -1.58. The van der Waals surface area contributed by atoms with Gasteiger partial charge in [0.2, 0.25) is 0 Å². The smallest absolute Gasteiger partial charge is 0.322 e. The molecule has 2 fully saturated rings. The molecule has 2 aliphatic rings. The van der Waals surface area contributed by atoms with Crippen LogP contribution in [0.1, 0.15) is 37.7 Å². The molecule has 4 heteroatoms. The second-order valence-corrected chi connectivity index (χ2v) is 5.58. The summed E-state index contributed by atoms with van der Waals surface area (Å²) in [7, 11) is 0. The second-order valence-electron chi connectivity index (χ2n) is 5.58. The van der Waals surface area contributed by atoms with Gasteiger partial charge < -0.3 is 5.32 Å². The minimum Gasteiger partial charge on any atom is -0.330 e. The van der Waals surface area contributed by atoms with E-state index in [0.717, 1.165) is 30.6 Å². The molecule has 1 saturated heterocycles. The monoisotopic (exact) mass is 245 g/mol. The molecule has 96 valence electrons. The summed E-state index contributed by atoms with van der Waals surface area (Å²) >= 11 is 0. The first-order valence-electron chi connectivity index (χ1n) is 6.70. The van der Waals surface area contributed by atoms with E-state index in [1.807, 2.05) is 24.1 Å². The van der Waals surface area contributed by atoms with Gasteiger partial charge in [0.15, 0.2) is 0 Å². The third-order valence-corrected chi connectivity index (χ3v) is 4.06. The Morgan fingerprint density at radius 2 is 2.06 bits per heavy atom. The Morgan fingerprint density at radius 3 is 2.78 bits per heavy atom. The molecule has 0 aromatic carbocycles. The standard InChI is InChI=1S/C14H19N3O/c1-11-7-12(9-15-8-11)17-10-14(16-13(17)18)5-3-2-4-6-14/h7-9H,2-6,10H2,1H3,(H,16,18). The van der Waals surface area contributed by atoms with E-state index in [0.29, 0.717) is 0 Å². The summed E-state index contributed by atoms with van der Waals surface area (Å²) in [5, 5.41) is 3.20. The van der Waals surface area contributed by atoms with Crippen LogP contribution in [0.5, 0.6) is 0 Å². The highest BCUT2D eigenvalue weighted by Crippen LogP contribution is 2.34. The van der Waals surface area contributed by atoms with Crippen molar-refractivity contribution in [1.82, 2.24) is 10.3 Å². The van der Waals surface area contributed by atoms with Gasteiger partial charge in [-0.1, -0.05) is 19.3 Å². The Kier molecular flexibility index (Phi) is 2.73. The second kappa shape index (κ2) is 4.26. The van der Waals surface area contributed by atoms with Crippen LogP contribution < -0.4 is 10.2 Å². The van der Waals surface area contributed by atoms with Crippen LogP contribution in [0.4, 0.5) is 10.5 Å². The average Bonchev–Trinajstić information content (AvgIpc) is 2.67. The molecule has 0 bridgehead atoms. The summed E-state index contributed by atoms with van der Waals surface area (Å²) in [5.74, 6) is 0. The summed E-state index contributed by atoms with van der Waals surface area (Å²) < 4.78 is 0. The zero-order valence-electron chi connectivity index (χ0n) is 10.8. The number of urea groups is 1. The number of anilines is 1. The summed E-state index contributed by atoms with van der Waals surface area (Å²) in [5.41, 5.74) is 2.01. The molecular weight excluding hydrogens is 226 g/mol. The minimum absolute atomic E-state index is 0.0130. The predicted octanol–water partition coefficient (Wildman–Crippen LogP) is 2.62. The van der Waals surface area contributed by atoms with Gasteiger partial charge in [0.25, 0.3) is 0 Å². The van der Waals surface area contributed by atoms with E-state index in [4.69, 9.17) is 0 Å². The van der Waals surface area contributed by atoms with Crippen molar-refractivity contribution >= 4 is 11.7 Å². The number of aromatic nitrogens is 1. The zero-order chi connectivity index (χ0) is 12.6. The number of nitrogens with zero attached hydrogens (tertiary/aromatic N) is 2. The topological polar surface area (TPSA) is 45.2 Å². The van der Waals surface area contributed by atoms with Crippen LogP contribution >= 0.6 is 0 Å². The van der Waals surface area contributed by atoms with Crippen LogP contribution in [0.3, 0.4) is 0 Å². The molecule has 1 aliphatic heterocycles. The lowest BCUT2D eigenvalue weighted by Gasteiger charge is -2.32. The van der Waals surface area contributed by atoms with Gasteiger partial charge in [0, 0.05) is 6.20 Å². The molecule has 1 aliphatic carbocycles. The quantitative estimate of drug-likeness (QED) is 0.826. The molecule has 1 aromatic rings. The maximum absolute atomic E-state index is 12.1. The molecule has 2 amide bonds. The van der Waals surface area contributed by atoms with Crippen molar-refractivity contribution in [3.63, 3.8) is 0 Å². The largest absolute Gasteiger partial charge is 0.330 e. The number of amides is 2. The fourth-order valence-corrected chi connectivity index (χ4v) is 3.12. The van der Waals surface area contributed by atoms with Crippen molar-refractivity contribution in [2.75, 3.05) is 11.4 Å². The normalized spacial score (nSPS) is 22.3. The zero-order valence-corrected chi connectivity index (χ0v) is 10.8. The Balaban J connectivity index is 1.84. The van der Waals surface area contributed by atoms with Gasteiger partial charge in [0.1, 0.15) is 0 Å². The average molecular weight is 245 g/mol. The fraction of sp³-hybridized carbons (Fsp3) is 0.571. The lowest BCUT2D eigenvalue weighted by atomic mass is 9.82. The molecule has 0 unspecified atom stereocenters. The number of rotatable bonds is 1. The Bertz CT molecular complexity index is 466. The summed E-state index contributed by atoms with van der Waals surface area (Å²) in [6.07, 6.45) is 9.54. The third-order valence-electron chi connectivity index (χ3n) is 4.06. The van der Waals surface area contributed by atoms with Gasteiger partial charge in [-0.3, -0.25) is 9.88 Å². The molecule has 0 radical (unpaired) electrons. The Morgan fingerprint density at radius 1 is 1.28 bits per heavy atom. The molecule has 1 aromatic heterocycles. The third kappa shape index (κ3) is 1.96. The first-order chi connectivity index (χ1) is 8.69. The number of carbonyl (C=O) groups excluding carboxylic acids is 1. The highest BCUT2D eigenvalue weighted by molar-refractivity contribution is 5.95. The molecule has 1 N–H and O–H groups in total. The highest BCUT2D eigenvalue weighted by atomic mass is 16.2. The van der Waals surface area contributed by atoms with Crippen molar-refractivity contribution < 1.29 is 4.79 Å². The Labute approximate surface area is 107 Å². The number of pyridine rings is 1. The van der Waals surface area contributed by atoms with E-state index >= 15 is 0 Å². The van der Waals surface area contributed by atoms with Gasteiger partial charge in [-0.15, -0.1) is 0 Å². The maximum atomic E-state index is 12.1. The van der Waals surface area contributed by atoms with Crippen LogP contribution in [0.15, 0.2) is 18.5 Å². The molecule has 2 heterocycles. The van der Waals surface area contributed by atoms with Crippen molar-refractivity contribution in [2.24, 2.45) is 0 Å². The summed E-state index contributed by atoms with van der Waals surface area (Å²) in [4.78, 5) is 18.2. The maximum Gasteiger partial charge on any atom is 0.322 e. The van der Waals surface area contributed by atoms with Crippen LogP contribution in [-0.4, -0.2) is 23.1 Å². The van der Waals surface area contributed by atoms with Gasteiger partial charge in [-0.2, -0.15) is 0 Å². The van der Waals surface area contributed by atoms with E-state index in [2.05, 4.69) is 10.3 Å². The van der Waals surface area contributed by atoms with Gasteiger partial charge in [0.05, 0.1) is 24.0 Å². The van der Waals surface area contributed by atoms with Crippen LogP contribution in [-0.2, 0) is 0 Å². The lowest BCUT2D eigenvalue weighted by molar-refractivity contribution is 0.237. The molecular formula is C14H19N3O. The van der Waals surface area contributed by atoms with E-state index in [9.17, 15) is 4.79 Å². The van der Waals surface area contributed by atoms with E-state index < -0.39 is 0 Å². The van der Waals surface area contributed by atoms with Crippen molar-refractivity contribution in [1.29, 1.82) is 0 Å². The number of aryl methyl sites for hydroxylation is 1. The minimum atomic E-state index is 0.0130. The fourth-order valence-electron chi connectivity index (χ4n) is 3.12. The van der Waals surface area contributed by atoms with Gasteiger partial charge in [-0.05, 0) is 31.4 Å². The molecule has 3 rings (SSSR count). The van der Waals surface area contributed by atoms with E-state index in [-0.39, 0.29) is 11.6 Å². The van der Waals surface area contributed by atoms with Crippen LogP contribution in [0.2, 0.25) is 0 Å². The number of hydrogen-bond acceptors (Lipinski definition) is 2. The van der Waals surface area contributed by atoms with E-state index in [1.54, 1.807) is 6.20 Å². The van der Waals surface area contributed by atoms with Crippen LogP contribution in [0, 0.1) is 6.92 Å². The van der Waals surface area contributed by atoms with Crippen molar-refractivity contribution in [3.8, 4) is 0 Å². The predicted molar refractivity (Wildman–Crippen MR) is 70.7 cm³/mol. The van der Waals surface area contributed by atoms with Gasteiger partial charge in [-0.25, -0.2) is 4.79 Å². The molecule has 0 atom stereocenters. The summed E-state index contributed by atoms with van der Waals surface area (Å²) in [6.45, 7) is 2.79. The van der Waals surface area contributed by atoms with Gasteiger partial charge >= 0.3 is 6.03 Å². The van der Waals surface area contributed by atoms with Crippen molar-refractivity contribution in [3.05, 3.63) is 24.0 Å².